The van der Waals surface area contributed by atoms with Crippen LogP contribution in [0, 0.1) is 0 Å². The maximum atomic E-state index is 4.79. The molecule has 0 spiro atoms. The summed E-state index contributed by atoms with van der Waals surface area (Å²) >= 11 is 0. The highest BCUT2D eigenvalue weighted by Gasteiger charge is 2.19. The Morgan fingerprint density at radius 1 is 0.958 bits per heavy atom. The molecule has 0 amide bonds. The summed E-state index contributed by atoms with van der Waals surface area (Å²) in [7, 11) is 0. The van der Waals surface area contributed by atoms with E-state index in [9.17, 15) is 0 Å². The highest BCUT2D eigenvalue weighted by molar-refractivity contribution is 5.80. The fraction of sp³-hybridized carbons (Fsp3) is 0.947. The Morgan fingerprint density at radius 2 is 1.67 bits per heavy atom. The van der Waals surface area contributed by atoms with Gasteiger partial charge in [-0.05, 0) is 78.0 Å². The average molecular weight is 338 g/mol. The predicted molar refractivity (Wildman–Crippen MR) is 104 cm³/mol. The van der Waals surface area contributed by atoms with Gasteiger partial charge in [0.05, 0.1) is 0 Å². The number of hydrogen-bond donors (Lipinski definition) is 2. The third-order valence-electron chi connectivity index (χ3n) is 5.16. The van der Waals surface area contributed by atoms with E-state index in [0.29, 0.717) is 6.04 Å². The Labute approximate surface area is 149 Å². The molecule has 0 atom stereocenters. The van der Waals surface area contributed by atoms with Crippen molar-refractivity contribution in [3.8, 4) is 0 Å². The molecule has 24 heavy (non-hydrogen) atoms. The minimum absolute atomic E-state index is 0.584. The number of guanidine groups is 1. The van der Waals surface area contributed by atoms with Crippen molar-refractivity contribution in [2.75, 3.05) is 52.4 Å². The quantitative estimate of drug-likeness (QED) is 0.385. The average Bonchev–Trinajstić information content (AvgIpc) is 3.10. The summed E-state index contributed by atoms with van der Waals surface area (Å²) in [5, 5.41) is 7.07. The van der Waals surface area contributed by atoms with E-state index in [-0.39, 0.29) is 0 Å². The zero-order chi connectivity index (χ0) is 17.0. The lowest BCUT2D eigenvalue weighted by Crippen LogP contribution is -2.48. The number of nitrogens with zero attached hydrogens (tertiary/aromatic N) is 3. The van der Waals surface area contributed by atoms with Crippen LogP contribution in [0.4, 0.5) is 0 Å². The molecule has 2 fully saturated rings. The Balaban J connectivity index is 1.62. The first kappa shape index (κ1) is 19.5. The minimum atomic E-state index is 0.584. The first-order valence-electron chi connectivity index (χ1n) is 10.3. The lowest BCUT2D eigenvalue weighted by Gasteiger charge is -2.32. The van der Waals surface area contributed by atoms with E-state index in [2.05, 4.69) is 34.3 Å². The second kappa shape index (κ2) is 11.7. The van der Waals surface area contributed by atoms with Crippen LogP contribution in [-0.2, 0) is 0 Å². The molecule has 0 aromatic carbocycles. The van der Waals surface area contributed by atoms with Crippen molar-refractivity contribution in [3.63, 3.8) is 0 Å². The van der Waals surface area contributed by atoms with E-state index in [1.165, 1.54) is 84.2 Å². The van der Waals surface area contributed by atoms with Crippen molar-refractivity contribution < 1.29 is 0 Å². The molecular formula is C19H39N5. The molecule has 2 heterocycles. The van der Waals surface area contributed by atoms with Crippen LogP contribution < -0.4 is 10.6 Å². The monoisotopic (exact) mass is 337 g/mol. The van der Waals surface area contributed by atoms with E-state index in [0.717, 1.165) is 19.0 Å². The summed E-state index contributed by atoms with van der Waals surface area (Å²) in [6.45, 7) is 13.9. The molecule has 2 saturated heterocycles. The Bertz CT molecular complexity index is 344. The lowest BCUT2D eigenvalue weighted by molar-refractivity contribution is 0.206. The highest BCUT2D eigenvalue weighted by Crippen LogP contribution is 2.11. The molecule has 5 nitrogen and oxygen atoms in total. The Morgan fingerprint density at radius 3 is 2.33 bits per heavy atom. The number of nitrogens with one attached hydrogen (secondary N) is 2. The second-order valence-corrected chi connectivity index (χ2v) is 7.28. The fourth-order valence-corrected chi connectivity index (χ4v) is 3.77. The number of likely N-dealkylation sites (tertiary alicyclic amines) is 2. The van der Waals surface area contributed by atoms with Crippen molar-refractivity contribution in [1.29, 1.82) is 0 Å². The summed E-state index contributed by atoms with van der Waals surface area (Å²) in [6.07, 6.45) is 8.99. The first-order chi connectivity index (χ1) is 11.8. The molecule has 2 aliphatic rings. The first-order valence-corrected chi connectivity index (χ1v) is 10.3. The summed E-state index contributed by atoms with van der Waals surface area (Å²) in [5.74, 6) is 1.02. The van der Waals surface area contributed by atoms with Crippen molar-refractivity contribution in [2.45, 2.75) is 64.8 Å². The molecule has 2 aliphatic heterocycles. The molecule has 0 radical (unpaired) electrons. The SMILES string of the molecule is CCCN1CCC(NC(=NCCCCN2CCCC2)NCC)CC1. The molecule has 2 rings (SSSR count). The zero-order valence-electron chi connectivity index (χ0n) is 16.0. The molecule has 140 valence electrons. The lowest BCUT2D eigenvalue weighted by atomic mass is 10.1. The molecule has 0 saturated carbocycles. The van der Waals surface area contributed by atoms with Crippen LogP contribution in [-0.4, -0.2) is 74.2 Å². The van der Waals surface area contributed by atoms with E-state index in [4.69, 9.17) is 4.99 Å². The van der Waals surface area contributed by atoms with Crippen LogP contribution in [0.5, 0.6) is 0 Å². The van der Waals surface area contributed by atoms with Gasteiger partial charge in [0, 0.05) is 32.2 Å². The smallest absolute Gasteiger partial charge is 0.191 e. The standard InChI is InChI=1S/C19H39N5/c1-3-12-23-16-9-18(10-17-23)22-19(20-4-2)21-11-5-6-13-24-14-7-8-15-24/h18H,3-17H2,1-2H3,(H2,20,21,22). The number of unbranched alkanes of at least 4 members (excludes halogenated alkanes) is 1. The number of aliphatic imine (C=N–C) groups is 1. The third kappa shape index (κ3) is 7.39. The Hall–Kier alpha value is -0.810. The molecule has 0 bridgehead atoms. The molecule has 0 aromatic rings. The summed E-state index contributed by atoms with van der Waals surface area (Å²) in [6, 6.07) is 0.584. The molecule has 2 N–H and O–H groups in total. The normalized spacial score (nSPS) is 21.3. The van der Waals surface area contributed by atoms with E-state index in [1.54, 1.807) is 0 Å². The molecule has 0 aliphatic carbocycles. The van der Waals surface area contributed by atoms with Crippen LogP contribution >= 0.6 is 0 Å². The van der Waals surface area contributed by atoms with Gasteiger partial charge >= 0.3 is 0 Å². The van der Waals surface area contributed by atoms with E-state index in [1.807, 2.05) is 0 Å². The molecule has 0 aromatic heterocycles. The zero-order valence-corrected chi connectivity index (χ0v) is 16.0. The van der Waals surface area contributed by atoms with E-state index >= 15 is 0 Å². The van der Waals surface area contributed by atoms with Gasteiger partial charge in [-0.25, -0.2) is 0 Å². The molecular weight excluding hydrogens is 298 g/mol. The predicted octanol–water partition coefficient (Wildman–Crippen LogP) is 2.29. The van der Waals surface area contributed by atoms with Crippen LogP contribution in [0.15, 0.2) is 4.99 Å². The largest absolute Gasteiger partial charge is 0.357 e. The Kier molecular flexibility index (Phi) is 9.51. The van der Waals surface area contributed by atoms with Crippen molar-refractivity contribution in [1.82, 2.24) is 20.4 Å². The van der Waals surface area contributed by atoms with Crippen LogP contribution in [0.3, 0.4) is 0 Å². The van der Waals surface area contributed by atoms with Crippen molar-refractivity contribution in [3.05, 3.63) is 0 Å². The van der Waals surface area contributed by atoms with Gasteiger partial charge in [0.1, 0.15) is 0 Å². The van der Waals surface area contributed by atoms with Gasteiger partial charge in [-0.2, -0.15) is 0 Å². The summed E-state index contributed by atoms with van der Waals surface area (Å²) in [4.78, 5) is 9.97. The minimum Gasteiger partial charge on any atom is -0.357 e. The van der Waals surface area contributed by atoms with E-state index < -0.39 is 0 Å². The summed E-state index contributed by atoms with van der Waals surface area (Å²) < 4.78 is 0. The maximum Gasteiger partial charge on any atom is 0.191 e. The van der Waals surface area contributed by atoms with Crippen molar-refractivity contribution >= 4 is 5.96 Å². The van der Waals surface area contributed by atoms with Gasteiger partial charge in [0.2, 0.25) is 0 Å². The number of hydrogen-bond acceptors (Lipinski definition) is 3. The third-order valence-corrected chi connectivity index (χ3v) is 5.16. The van der Waals surface area contributed by atoms with Crippen LogP contribution in [0.2, 0.25) is 0 Å². The fourth-order valence-electron chi connectivity index (χ4n) is 3.77. The topological polar surface area (TPSA) is 42.9 Å². The van der Waals surface area contributed by atoms with Gasteiger partial charge in [-0.3, -0.25) is 4.99 Å². The summed E-state index contributed by atoms with van der Waals surface area (Å²) in [5.41, 5.74) is 0. The van der Waals surface area contributed by atoms with Gasteiger partial charge < -0.3 is 20.4 Å². The van der Waals surface area contributed by atoms with Gasteiger partial charge in [0.15, 0.2) is 5.96 Å². The number of piperidine rings is 1. The van der Waals surface area contributed by atoms with Crippen LogP contribution in [0.25, 0.3) is 0 Å². The highest BCUT2D eigenvalue weighted by atomic mass is 15.2. The maximum absolute atomic E-state index is 4.79. The van der Waals surface area contributed by atoms with Crippen LogP contribution in [0.1, 0.15) is 58.8 Å². The van der Waals surface area contributed by atoms with Gasteiger partial charge in [-0.15, -0.1) is 0 Å². The second-order valence-electron chi connectivity index (χ2n) is 7.28. The molecule has 5 heteroatoms. The number of rotatable bonds is 9. The molecule has 0 unspecified atom stereocenters. The van der Waals surface area contributed by atoms with Crippen molar-refractivity contribution in [2.24, 2.45) is 4.99 Å². The van der Waals surface area contributed by atoms with Gasteiger partial charge in [0.25, 0.3) is 0 Å². The van der Waals surface area contributed by atoms with Gasteiger partial charge in [-0.1, -0.05) is 6.92 Å².